The van der Waals surface area contributed by atoms with Gasteiger partial charge in [0.05, 0.1) is 20.8 Å². The van der Waals surface area contributed by atoms with Gasteiger partial charge in [-0.3, -0.25) is 0 Å². The van der Waals surface area contributed by atoms with Crippen molar-refractivity contribution in [1.82, 2.24) is 0 Å². The lowest BCUT2D eigenvalue weighted by atomic mass is 10.2. The van der Waals surface area contributed by atoms with Crippen LogP contribution in [0.3, 0.4) is 0 Å². The second kappa shape index (κ2) is 7.12. The average Bonchev–Trinajstić information content (AvgIpc) is 2.93. The summed E-state index contributed by atoms with van der Waals surface area (Å²) in [6, 6.07) is 1.80. The lowest BCUT2D eigenvalue weighted by Gasteiger charge is -2.15. The van der Waals surface area contributed by atoms with E-state index in [0.29, 0.717) is 35.4 Å². The van der Waals surface area contributed by atoms with Gasteiger partial charge in [0.25, 0.3) is 0 Å². The van der Waals surface area contributed by atoms with Crippen LogP contribution in [0.2, 0.25) is 0 Å². The first kappa shape index (κ1) is 14.6. The highest BCUT2D eigenvalue weighted by Gasteiger charge is 2.26. The molecule has 2 rings (SSSR count). The molecule has 1 heterocycles. The minimum absolute atomic E-state index is 0.189. The summed E-state index contributed by atoms with van der Waals surface area (Å²) in [5.74, 6) is 2.90. The zero-order valence-corrected chi connectivity index (χ0v) is 12.4. The Kier molecular flexibility index (Phi) is 5.21. The van der Waals surface area contributed by atoms with Crippen LogP contribution in [-0.2, 0) is 0 Å². The van der Waals surface area contributed by atoms with Crippen molar-refractivity contribution < 1.29 is 23.7 Å². The van der Waals surface area contributed by atoms with Gasteiger partial charge in [-0.1, -0.05) is 26.2 Å². The van der Waals surface area contributed by atoms with Crippen LogP contribution in [0.5, 0.6) is 28.7 Å². The van der Waals surface area contributed by atoms with Gasteiger partial charge >= 0.3 is 0 Å². The highest BCUT2D eigenvalue weighted by atomic mass is 16.7. The van der Waals surface area contributed by atoms with Crippen molar-refractivity contribution in [2.45, 2.75) is 32.6 Å². The summed E-state index contributed by atoms with van der Waals surface area (Å²) in [5.41, 5.74) is 0. The molecule has 1 aromatic rings. The van der Waals surface area contributed by atoms with E-state index in [4.69, 9.17) is 23.7 Å². The van der Waals surface area contributed by atoms with Crippen LogP contribution >= 0.6 is 0 Å². The molecular weight excluding hydrogens is 260 g/mol. The van der Waals surface area contributed by atoms with Crippen molar-refractivity contribution in [2.75, 3.05) is 27.6 Å². The lowest BCUT2D eigenvalue weighted by molar-refractivity contribution is 0.170. The van der Waals surface area contributed by atoms with Crippen molar-refractivity contribution in [3.8, 4) is 28.7 Å². The SMILES string of the molecule is CCCCCCOc1cc2c(c(OC)c1OC)OCO2. The normalized spacial score (nSPS) is 12.3. The summed E-state index contributed by atoms with van der Waals surface area (Å²) < 4.78 is 27.3. The minimum Gasteiger partial charge on any atom is -0.490 e. The molecule has 5 heteroatoms. The van der Waals surface area contributed by atoms with E-state index in [1.807, 2.05) is 0 Å². The number of methoxy groups -OCH3 is 2. The van der Waals surface area contributed by atoms with Gasteiger partial charge in [-0.2, -0.15) is 0 Å². The maximum Gasteiger partial charge on any atom is 0.231 e. The largest absolute Gasteiger partial charge is 0.490 e. The highest BCUT2D eigenvalue weighted by molar-refractivity contribution is 5.66. The summed E-state index contributed by atoms with van der Waals surface area (Å²) in [4.78, 5) is 0. The molecule has 1 aliphatic heterocycles. The molecule has 0 amide bonds. The van der Waals surface area contributed by atoms with Crippen LogP contribution in [0, 0.1) is 0 Å². The number of hydrogen-bond acceptors (Lipinski definition) is 5. The second-order valence-corrected chi connectivity index (χ2v) is 4.58. The molecule has 1 aliphatic rings. The van der Waals surface area contributed by atoms with Gasteiger partial charge in [-0.15, -0.1) is 0 Å². The van der Waals surface area contributed by atoms with Crippen molar-refractivity contribution in [3.05, 3.63) is 6.07 Å². The Bertz CT molecular complexity index is 444. The predicted octanol–water partition coefficient (Wildman–Crippen LogP) is 3.39. The smallest absolute Gasteiger partial charge is 0.231 e. The predicted molar refractivity (Wildman–Crippen MR) is 75.3 cm³/mol. The third kappa shape index (κ3) is 3.03. The van der Waals surface area contributed by atoms with E-state index in [9.17, 15) is 0 Å². The number of benzene rings is 1. The Morgan fingerprint density at radius 3 is 2.55 bits per heavy atom. The van der Waals surface area contributed by atoms with Crippen LogP contribution in [0.1, 0.15) is 32.6 Å². The lowest BCUT2D eigenvalue weighted by Crippen LogP contribution is -2.01. The summed E-state index contributed by atoms with van der Waals surface area (Å²) in [5, 5.41) is 0. The maximum atomic E-state index is 5.80. The molecule has 0 saturated heterocycles. The Morgan fingerprint density at radius 1 is 1.05 bits per heavy atom. The quantitative estimate of drug-likeness (QED) is 0.684. The summed E-state index contributed by atoms with van der Waals surface area (Å²) in [6.07, 6.45) is 4.63. The number of unbranched alkanes of at least 4 members (excludes halogenated alkanes) is 3. The molecule has 1 aromatic carbocycles. The van der Waals surface area contributed by atoms with Crippen LogP contribution in [0.4, 0.5) is 0 Å². The van der Waals surface area contributed by atoms with Crippen molar-refractivity contribution in [1.29, 1.82) is 0 Å². The molecule has 0 radical (unpaired) electrons. The first-order valence-corrected chi connectivity index (χ1v) is 6.99. The first-order valence-electron chi connectivity index (χ1n) is 6.99. The Balaban J connectivity index is 2.11. The molecule has 0 bridgehead atoms. The first-order chi connectivity index (χ1) is 9.81. The van der Waals surface area contributed by atoms with E-state index in [-0.39, 0.29) is 6.79 Å². The van der Waals surface area contributed by atoms with Gasteiger partial charge in [0.2, 0.25) is 24.0 Å². The number of ether oxygens (including phenoxy) is 5. The van der Waals surface area contributed by atoms with Gasteiger partial charge in [0.15, 0.2) is 11.5 Å². The van der Waals surface area contributed by atoms with E-state index in [1.54, 1.807) is 20.3 Å². The molecule has 5 nitrogen and oxygen atoms in total. The fourth-order valence-electron chi connectivity index (χ4n) is 2.17. The molecule has 0 aromatic heterocycles. The van der Waals surface area contributed by atoms with Gasteiger partial charge < -0.3 is 23.7 Å². The van der Waals surface area contributed by atoms with Gasteiger partial charge in [0.1, 0.15) is 0 Å². The minimum atomic E-state index is 0.189. The number of rotatable bonds is 8. The van der Waals surface area contributed by atoms with E-state index in [0.717, 1.165) is 6.42 Å². The maximum absolute atomic E-state index is 5.80. The van der Waals surface area contributed by atoms with Crippen molar-refractivity contribution >= 4 is 0 Å². The zero-order chi connectivity index (χ0) is 14.4. The van der Waals surface area contributed by atoms with E-state index < -0.39 is 0 Å². The molecular formula is C15H22O5. The second-order valence-electron chi connectivity index (χ2n) is 4.58. The van der Waals surface area contributed by atoms with Crippen molar-refractivity contribution in [2.24, 2.45) is 0 Å². The molecule has 0 spiro atoms. The Labute approximate surface area is 119 Å². The van der Waals surface area contributed by atoms with Crippen LogP contribution in [0.15, 0.2) is 6.07 Å². The van der Waals surface area contributed by atoms with Crippen molar-refractivity contribution in [3.63, 3.8) is 0 Å². The molecule has 0 aliphatic carbocycles. The van der Waals surface area contributed by atoms with Crippen LogP contribution in [-0.4, -0.2) is 27.6 Å². The third-order valence-electron chi connectivity index (χ3n) is 3.20. The molecule has 112 valence electrons. The number of fused-ring (bicyclic) bond motifs is 1. The van der Waals surface area contributed by atoms with E-state index >= 15 is 0 Å². The molecule has 0 unspecified atom stereocenters. The fourth-order valence-corrected chi connectivity index (χ4v) is 2.17. The average molecular weight is 282 g/mol. The number of hydrogen-bond donors (Lipinski definition) is 0. The van der Waals surface area contributed by atoms with Gasteiger partial charge in [-0.25, -0.2) is 0 Å². The highest BCUT2D eigenvalue weighted by Crippen LogP contribution is 2.52. The van der Waals surface area contributed by atoms with Crippen LogP contribution in [0.25, 0.3) is 0 Å². The molecule has 0 saturated carbocycles. The zero-order valence-electron chi connectivity index (χ0n) is 12.4. The standard InChI is InChI=1S/C15H22O5/c1-4-5-6-7-8-18-11-9-12-14(20-10-19-12)15(17-3)13(11)16-2/h9H,4-8,10H2,1-3H3. The van der Waals surface area contributed by atoms with Gasteiger partial charge in [0, 0.05) is 6.07 Å². The topological polar surface area (TPSA) is 46.2 Å². The summed E-state index contributed by atoms with van der Waals surface area (Å²) in [6.45, 7) is 3.03. The molecule has 0 N–H and O–H groups in total. The van der Waals surface area contributed by atoms with Crippen LogP contribution < -0.4 is 23.7 Å². The summed E-state index contributed by atoms with van der Waals surface area (Å²) in [7, 11) is 3.16. The monoisotopic (exact) mass is 282 g/mol. The van der Waals surface area contributed by atoms with E-state index in [1.165, 1.54) is 19.3 Å². The fraction of sp³-hybridized carbons (Fsp3) is 0.600. The molecule has 0 atom stereocenters. The van der Waals surface area contributed by atoms with E-state index in [2.05, 4.69) is 6.92 Å². The molecule has 20 heavy (non-hydrogen) atoms. The Morgan fingerprint density at radius 2 is 1.85 bits per heavy atom. The Hall–Kier alpha value is -1.78. The van der Waals surface area contributed by atoms with Gasteiger partial charge in [-0.05, 0) is 6.42 Å². The summed E-state index contributed by atoms with van der Waals surface area (Å²) >= 11 is 0. The third-order valence-corrected chi connectivity index (χ3v) is 3.20. The molecule has 0 fully saturated rings.